The highest BCUT2D eigenvalue weighted by Crippen LogP contribution is 2.15. The van der Waals surface area contributed by atoms with Crippen LogP contribution in [0.25, 0.3) is 0 Å². The van der Waals surface area contributed by atoms with Crippen LogP contribution >= 0.6 is 0 Å². The molecule has 0 fully saturated rings. The molecule has 1 rings (SSSR count). The SMILES string of the molecule is COC(=O)c1occ(C(=O)OC)c(=O)c1OC. The Morgan fingerprint density at radius 2 is 1.71 bits per heavy atom. The molecule has 0 spiro atoms. The number of ether oxygens (including phenoxy) is 3. The first-order valence-electron chi connectivity index (χ1n) is 4.43. The van der Waals surface area contributed by atoms with Crippen molar-refractivity contribution in [3.63, 3.8) is 0 Å². The van der Waals surface area contributed by atoms with Crippen LogP contribution in [0.2, 0.25) is 0 Å². The summed E-state index contributed by atoms with van der Waals surface area (Å²) >= 11 is 0. The van der Waals surface area contributed by atoms with Crippen molar-refractivity contribution in [3.05, 3.63) is 27.8 Å². The lowest BCUT2D eigenvalue weighted by Crippen LogP contribution is -2.20. The summed E-state index contributed by atoms with van der Waals surface area (Å²) < 4.78 is 18.3. The van der Waals surface area contributed by atoms with Gasteiger partial charge in [0.05, 0.1) is 21.3 Å². The van der Waals surface area contributed by atoms with Gasteiger partial charge < -0.3 is 18.6 Å². The number of hydrogen-bond donors (Lipinski definition) is 0. The van der Waals surface area contributed by atoms with Crippen LogP contribution in [-0.2, 0) is 9.47 Å². The highest BCUT2D eigenvalue weighted by molar-refractivity contribution is 5.92. The van der Waals surface area contributed by atoms with E-state index in [-0.39, 0.29) is 5.56 Å². The third-order valence-electron chi connectivity index (χ3n) is 1.93. The van der Waals surface area contributed by atoms with Crippen LogP contribution < -0.4 is 10.2 Å². The Bertz CT molecular complexity index is 500. The largest absolute Gasteiger partial charge is 0.489 e. The summed E-state index contributed by atoms with van der Waals surface area (Å²) in [5.74, 6) is -2.57. The standard InChI is InChI=1S/C10H10O7/c1-14-7-6(11)5(9(12)15-2)4-17-8(7)10(13)16-3/h4H,1-3H3. The van der Waals surface area contributed by atoms with E-state index in [1.807, 2.05) is 0 Å². The van der Waals surface area contributed by atoms with E-state index < -0.39 is 28.9 Å². The molecule has 0 bridgehead atoms. The van der Waals surface area contributed by atoms with Crippen molar-refractivity contribution in [1.82, 2.24) is 0 Å². The maximum Gasteiger partial charge on any atom is 0.378 e. The lowest BCUT2D eigenvalue weighted by molar-refractivity contribution is 0.0542. The number of carbonyl (C=O) groups is 2. The first kappa shape index (κ1) is 12.8. The van der Waals surface area contributed by atoms with E-state index in [0.717, 1.165) is 20.5 Å². The van der Waals surface area contributed by atoms with Gasteiger partial charge >= 0.3 is 11.9 Å². The van der Waals surface area contributed by atoms with Gasteiger partial charge in [-0.1, -0.05) is 0 Å². The van der Waals surface area contributed by atoms with Crippen molar-refractivity contribution >= 4 is 11.9 Å². The fourth-order valence-corrected chi connectivity index (χ4v) is 1.12. The van der Waals surface area contributed by atoms with Gasteiger partial charge in [0.25, 0.3) is 5.76 Å². The lowest BCUT2D eigenvalue weighted by Gasteiger charge is -2.05. The Labute approximate surface area is 95.9 Å². The second-order valence-electron chi connectivity index (χ2n) is 2.82. The van der Waals surface area contributed by atoms with Crippen LogP contribution in [0.5, 0.6) is 5.75 Å². The van der Waals surface area contributed by atoms with Gasteiger partial charge in [-0.2, -0.15) is 0 Å². The monoisotopic (exact) mass is 242 g/mol. The van der Waals surface area contributed by atoms with Gasteiger partial charge in [-0.15, -0.1) is 0 Å². The number of esters is 2. The molecular weight excluding hydrogens is 232 g/mol. The predicted octanol–water partition coefficient (Wildman–Crippen LogP) is 0.222. The molecule has 7 heteroatoms. The maximum absolute atomic E-state index is 11.7. The van der Waals surface area contributed by atoms with Crippen molar-refractivity contribution in [3.8, 4) is 5.75 Å². The maximum atomic E-state index is 11.7. The Kier molecular flexibility index (Phi) is 3.86. The second kappa shape index (κ2) is 5.15. The molecule has 0 saturated carbocycles. The molecule has 0 aliphatic carbocycles. The summed E-state index contributed by atoms with van der Waals surface area (Å²) in [6.45, 7) is 0. The van der Waals surface area contributed by atoms with E-state index in [0.29, 0.717) is 0 Å². The highest BCUT2D eigenvalue weighted by Gasteiger charge is 2.24. The minimum absolute atomic E-state index is 0.364. The molecule has 0 aromatic carbocycles. The Morgan fingerprint density at radius 1 is 1.12 bits per heavy atom. The molecule has 0 unspecified atom stereocenters. The van der Waals surface area contributed by atoms with Gasteiger partial charge in [-0.3, -0.25) is 4.79 Å². The molecule has 17 heavy (non-hydrogen) atoms. The van der Waals surface area contributed by atoms with Gasteiger partial charge in [0.15, 0.2) is 0 Å². The third-order valence-corrected chi connectivity index (χ3v) is 1.93. The summed E-state index contributed by atoms with van der Waals surface area (Å²) in [6, 6.07) is 0. The summed E-state index contributed by atoms with van der Waals surface area (Å²) in [4.78, 5) is 34.2. The fourth-order valence-electron chi connectivity index (χ4n) is 1.12. The Balaban J connectivity index is 3.42. The first-order chi connectivity index (χ1) is 8.06. The molecule has 0 N–H and O–H groups in total. The van der Waals surface area contributed by atoms with Gasteiger partial charge in [0.2, 0.25) is 11.2 Å². The average Bonchev–Trinajstić information content (AvgIpc) is 2.36. The minimum atomic E-state index is -0.881. The topological polar surface area (TPSA) is 92.0 Å². The first-order valence-corrected chi connectivity index (χ1v) is 4.43. The smallest absolute Gasteiger partial charge is 0.378 e. The molecule has 0 amide bonds. The zero-order valence-corrected chi connectivity index (χ0v) is 9.44. The molecule has 0 radical (unpaired) electrons. The van der Waals surface area contributed by atoms with E-state index in [1.54, 1.807) is 0 Å². The molecule has 1 aromatic heterocycles. The third kappa shape index (κ3) is 2.27. The van der Waals surface area contributed by atoms with Crippen molar-refractivity contribution in [2.75, 3.05) is 21.3 Å². The summed E-state index contributed by atoms with van der Waals surface area (Å²) in [5, 5.41) is 0. The van der Waals surface area contributed by atoms with E-state index >= 15 is 0 Å². The van der Waals surface area contributed by atoms with Crippen LogP contribution in [0.15, 0.2) is 15.5 Å². The van der Waals surface area contributed by atoms with Crippen LogP contribution in [-0.4, -0.2) is 33.3 Å². The number of methoxy groups -OCH3 is 3. The van der Waals surface area contributed by atoms with Crippen LogP contribution in [0.4, 0.5) is 0 Å². The van der Waals surface area contributed by atoms with E-state index in [4.69, 9.17) is 9.15 Å². The fraction of sp³-hybridized carbons (Fsp3) is 0.300. The molecule has 7 nitrogen and oxygen atoms in total. The van der Waals surface area contributed by atoms with Crippen LogP contribution in [0, 0.1) is 0 Å². The predicted molar refractivity (Wildman–Crippen MR) is 54.2 cm³/mol. The zero-order chi connectivity index (χ0) is 13.0. The van der Waals surface area contributed by atoms with Crippen molar-refractivity contribution in [1.29, 1.82) is 0 Å². The molecule has 1 aromatic rings. The Hall–Kier alpha value is -2.31. The van der Waals surface area contributed by atoms with Crippen molar-refractivity contribution in [2.24, 2.45) is 0 Å². The van der Waals surface area contributed by atoms with Crippen molar-refractivity contribution < 1.29 is 28.2 Å². The summed E-state index contributed by atoms with van der Waals surface area (Å²) in [7, 11) is 3.40. The van der Waals surface area contributed by atoms with Gasteiger partial charge in [0, 0.05) is 0 Å². The lowest BCUT2D eigenvalue weighted by atomic mass is 10.2. The van der Waals surface area contributed by atoms with Crippen LogP contribution in [0.1, 0.15) is 20.9 Å². The number of carbonyl (C=O) groups excluding carboxylic acids is 2. The average molecular weight is 242 g/mol. The van der Waals surface area contributed by atoms with Gasteiger partial charge in [0.1, 0.15) is 11.8 Å². The molecule has 0 atom stereocenters. The van der Waals surface area contributed by atoms with E-state index in [2.05, 4.69) is 9.47 Å². The van der Waals surface area contributed by atoms with Crippen LogP contribution in [0.3, 0.4) is 0 Å². The molecule has 0 aliphatic rings. The molecule has 0 aliphatic heterocycles. The molecule has 92 valence electrons. The van der Waals surface area contributed by atoms with Gasteiger partial charge in [-0.05, 0) is 0 Å². The number of rotatable bonds is 3. The van der Waals surface area contributed by atoms with E-state index in [1.165, 1.54) is 7.11 Å². The second-order valence-corrected chi connectivity index (χ2v) is 2.82. The minimum Gasteiger partial charge on any atom is -0.489 e. The summed E-state index contributed by atoms with van der Waals surface area (Å²) in [6.07, 6.45) is 0.822. The number of hydrogen-bond acceptors (Lipinski definition) is 7. The molecule has 1 heterocycles. The van der Waals surface area contributed by atoms with E-state index in [9.17, 15) is 14.4 Å². The Morgan fingerprint density at radius 3 is 2.18 bits per heavy atom. The molecule has 0 saturated heterocycles. The highest BCUT2D eigenvalue weighted by atomic mass is 16.5. The summed E-state index contributed by atoms with van der Waals surface area (Å²) in [5.41, 5.74) is -1.16. The quantitative estimate of drug-likeness (QED) is 0.700. The zero-order valence-electron chi connectivity index (χ0n) is 9.44. The van der Waals surface area contributed by atoms with Gasteiger partial charge in [-0.25, -0.2) is 9.59 Å². The molecular formula is C10H10O7. The van der Waals surface area contributed by atoms with Crippen molar-refractivity contribution in [2.45, 2.75) is 0 Å². The normalized spacial score (nSPS) is 9.59.